The van der Waals surface area contributed by atoms with E-state index in [9.17, 15) is 4.79 Å². The fraction of sp³-hybridized carbons (Fsp3) is 0.375. The second-order valence-corrected chi connectivity index (χ2v) is 6.37. The van der Waals surface area contributed by atoms with Gasteiger partial charge in [-0.05, 0) is 36.5 Å². The molecule has 1 fully saturated rings. The lowest BCUT2D eigenvalue weighted by Gasteiger charge is -2.07. The standard InChI is InChI=1S/C16H19N3OS/c1-2-12(20)15-14(17)13(11-3-4-11)16(21-15)19-9-10-5-7-18-8-6-10/h5-8,11,19H,2-4,9,17H2,1H3. The van der Waals surface area contributed by atoms with Crippen LogP contribution in [0.2, 0.25) is 0 Å². The Hall–Kier alpha value is -1.88. The van der Waals surface area contributed by atoms with Gasteiger partial charge in [0.25, 0.3) is 0 Å². The molecule has 0 bridgehead atoms. The number of pyridine rings is 1. The molecular formula is C16H19N3OS. The number of nitrogens with zero attached hydrogens (tertiary/aromatic N) is 1. The van der Waals surface area contributed by atoms with Gasteiger partial charge in [0, 0.05) is 30.9 Å². The van der Waals surface area contributed by atoms with Gasteiger partial charge in [-0.15, -0.1) is 11.3 Å². The van der Waals surface area contributed by atoms with E-state index >= 15 is 0 Å². The first-order valence-electron chi connectivity index (χ1n) is 7.28. The molecule has 1 aliphatic carbocycles. The maximum absolute atomic E-state index is 12.0. The van der Waals surface area contributed by atoms with Crippen LogP contribution in [0.5, 0.6) is 0 Å². The molecule has 0 aromatic carbocycles. The Morgan fingerprint density at radius 2 is 2.14 bits per heavy atom. The zero-order valence-electron chi connectivity index (χ0n) is 12.1. The zero-order chi connectivity index (χ0) is 14.8. The van der Waals surface area contributed by atoms with E-state index in [1.807, 2.05) is 19.1 Å². The van der Waals surface area contributed by atoms with E-state index in [1.54, 1.807) is 12.4 Å². The highest BCUT2D eigenvalue weighted by Crippen LogP contribution is 2.51. The summed E-state index contributed by atoms with van der Waals surface area (Å²) in [7, 11) is 0. The number of rotatable bonds is 6. The summed E-state index contributed by atoms with van der Waals surface area (Å²) in [6, 6.07) is 3.97. The van der Waals surface area contributed by atoms with Crippen molar-refractivity contribution in [2.75, 3.05) is 11.1 Å². The minimum atomic E-state index is 0.136. The second kappa shape index (κ2) is 5.85. The topological polar surface area (TPSA) is 68.0 Å². The number of Topliss-reactive ketones (excluding diaryl/α,β-unsaturated/α-hetero) is 1. The highest BCUT2D eigenvalue weighted by molar-refractivity contribution is 7.18. The van der Waals surface area contributed by atoms with Gasteiger partial charge in [0.15, 0.2) is 5.78 Å². The number of carbonyl (C=O) groups excluding carboxylic acids is 1. The van der Waals surface area contributed by atoms with Crippen molar-refractivity contribution in [3.63, 3.8) is 0 Å². The van der Waals surface area contributed by atoms with Crippen LogP contribution < -0.4 is 11.1 Å². The van der Waals surface area contributed by atoms with E-state index < -0.39 is 0 Å². The smallest absolute Gasteiger partial charge is 0.174 e. The average Bonchev–Trinajstić information content (AvgIpc) is 3.29. The molecule has 0 radical (unpaired) electrons. The Balaban J connectivity index is 1.85. The van der Waals surface area contributed by atoms with Gasteiger partial charge in [0.05, 0.1) is 15.6 Å². The van der Waals surface area contributed by atoms with Gasteiger partial charge < -0.3 is 11.1 Å². The molecule has 2 heterocycles. The minimum absolute atomic E-state index is 0.136. The highest BCUT2D eigenvalue weighted by atomic mass is 32.1. The van der Waals surface area contributed by atoms with Gasteiger partial charge in [-0.2, -0.15) is 0 Å². The van der Waals surface area contributed by atoms with Crippen LogP contribution in [-0.2, 0) is 6.54 Å². The quantitative estimate of drug-likeness (QED) is 0.796. The first kappa shape index (κ1) is 14.1. The fourth-order valence-electron chi connectivity index (χ4n) is 2.42. The van der Waals surface area contributed by atoms with E-state index in [4.69, 9.17) is 5.73 Å². The molecule has 0 spiro atoms. The van der Waals surface area contributed by atoms with E-state index in [2.05, 4.69) is 10.3 Å². The van der Waals surface area contributed by atoms with Crippen LogP contribution in [0.25, 0.3) is 0 Å². The van der Waals surface area contributed by atoms with E-state index in [-0.39, 0.29) is 5.78 Å². The summed E-state index contributed by atoms with van der Waals surface area (Å²) in [4.78, 5) is 16.7. The Bertz CT molecular complexity index is 647. The molecule has 1 aliphatic rings. The third-order valence-corrected chi connectivity index (χ3v) is 4.97. The molecule has 2 aromatic rings. The van der Waals surface area contributed by atoms with Crippen molar-refractivity contribution < 1.29 is 4.79 Å². The monoisotopic (exact) mass is 301 g/mol. The molecular weight excluding hydrogens is 282 g/mol. The molecule has 110 valence electrons. The summed E-state index contributed by atoms with van der Waals surface area (Å²) in [5, 5.41) is 4.51. The number of nitrogens with one attached hydrogen (secondary N) is 1. The molecule has 0 aliphatic heterocycles. The Morgan fingerprint density at radius 3 is 2.76 bits per heavy atom. The predicted molar refractivity (Wildman–Crippen MR) is 86.9 cm³/mol. The van der Waals surface area contributed by atoms with Crippen LogP contribution in [0.1, 0.15) is 52.9 Å². The number of carbonyl (C=O) groups is 1. The van der Waals surface area contributed by atoms with Gasteiger partial charge in [0.2, 0.25) is 0 Å². The number of thiophene rings is 1. The molecule has 1 saturated carbocycles. The van der Waals surface area contributed by atoms with Crippen LogP contribution in [0.4, 0.5) is 10.7 Å². The number of hydrogen-bond donors (Lipinski definition) is 2. The average molecular weight is 301 g/mol. The number of nitrogens with two attached hydrogens (primary N) is 1. The largest absolute Gasteiger partial charge is 0.397 e. The molecule has 0 atom stereocenters. The summed E-state index contributed by atoms with van der Waals surface area (Å²) < 4.78 is 0. The van der Waals surface area contributed by atoms with Crippen molar-refractivity contribution in [1.82, 2.24) is 4.98 Å². The number of aromatic nitrogens is 1. The van der Waals surface area contributed by atoms with Gasteiger partial charge in [0.1, 0.15) is 0 Å². The lowest BCUT2D eigenvalue weighted by Crippen LogP contribution is -2.01. The lowest BCUT2D eigenvalue weighted by atomic mass is 10.1. The first-order chi connectivity index (χ1) is 10.2. The SMILES string of the molecule is CCC(=O)c1sc(NCc2ccncc2)c(C2CC2)c1N. The summed E-state index contributed by atoms with van der Waals surface area (Å²) in [5.74, 6) is 0.663. The predicted octanol–water partition coefficient (Wildman–Crippen LogP) is 3.81. The highest BCUT2D eigenvalue weighted by Gasteiger charge is 2.32. The maximum Gasteiger partial charge on any atom is 0.174 e. The third kappa shape index (κ3) is 2.93. The lowest BCUT2D eigenvalue weighted by molar-refractivity contribution is 0.0993. The van der Waals surface area contributed by atoms with Crippen LogP contribution in [0.3, 0.4) is 0 Å². The second-order valence-electron chi connectivity index (χ2n) is 5.35. The third-order valence-electron chi connectivity index (χ3n) is 3.75. The molecule has 4 nitrogen and oxygen atoms in total. The van der Waals surface area contributed by atoms with Crippen molar-refractivity contribution in [2.45, 2.75) is 38.6 Å². The molecule has 3 N–H and O–H groups in total. The van der Waals surface area contributed by atoms with Crippen LogP contribution in [0, 0.1) is 0 Å². The number of nitrogen functional groups attached to an aromatic ring is 1. The van der Waals surface area contributed by atoms with Crippen molar-refractivity contribution >= 4 is 27.8 Å². The Morgan fingerprint density at radius 1 is 1.43 bits per heavy atom. The molecule has 0 unspecified atom stereocenters. The van der Waals surface area contributed by atoms with Crippen LogP contribution in [-0.4, -0.2) is 10.8 Å². The molecule has 2 aromatic heterocycles. The van der Waals surface area contributed by atoms with Crippen LogP contribution >= 0.6 is 11.3 Å². The van der Waals surface area contributed by atoms with Crippen molar-refractivity contribution in [3.05, 3.63) is 40.5 Å². The Kier molecular flexibility index (Phi) is 3.92. The zero-order valence-corrected chi connectivity index (χ0v) is 12.9. The van der Waals surface area contributed by atoms with Gasteiger partial charge in [-0.25, -0.2) is 0 Å². The number of hydrogen-bond acceptors (Lipinski definition) is 5. The van der Waals surface area contributed by atoms with Gasteiger partial charge in [-0.3, -0.25) is 9.78 Å². The normalized spacial score (nSPS) is 14.1. The molecule has 0 saturated heterocycles. The summed E-state index contributed by atoms with van der Waals surface area (Å²) >= 11 is 1.51. The number of anilines is 2. The summed E-state index contributed by atoms with van der Waals surface area (Å²) in [6.07, 6.45) is 6.41. The van der Waals surface area contributed by atoms with E-state index in [1.165, 1.54) is 29.7 Å². The van der Waals surface area contributed by atoms with Crippen molar-refractivity contribution in [2.24, 2.45) is 0 Å². The minimum Gasteiger partial charge on any atom is -0.397 e. The van der Waals surface area contributed by atoms with Gasteiger partial charge in [-0.1, -0.05) is 6.92 Å². The van der Waals surface area contributed by atoms with Crippen molar-refractivity contribution in [1.29, 1.82) is 0 Å². The number of ketones is 1. The van der Waals surface area contributed by atoms with Crippen molar-refractivity contribution in [3.8, 4) is 0 Å². The molecule has 0 amide bonds. The Labute approximate surface area is 128 Å². The summed E-state index contributed by atoms with van der Waals surface area (Å²) in [6.45, 7) is 2.60. The molecule has 21 heavy (non-hydrogen) atoms. The first-order valence-corrected chi connectivity index (χ1v) is 8.10. The van der Waals surface area contributed by atoms with E-state index in [0.29, 0.717) is 18.0 Å². The van der Waals surface area contributed by atoms with Crippen LogP contribution in [0.15, 0.2) is 24.5 Å². The van der Waals surface area contributed by atoms with Gasteiger partial charge >= 0.3 is 0 Å². The summed E-state index contributed by atoms with van der Waals surface area (Å²) in [5.41, 5.74) is 9.26. The maximum atomic E-state index is 12.0. The fourth-order valence-corrected chi connectivity index (χ4v) is 3.63. The van der Waals surface area contributed by atoms with E-state index in [0.717, 1.165) is 22.0 Å². The molecule has 5 heteroatoms. The molecule has 3 rings (SSSR count).